The van der Waals surface area contributed by atoms with Gasteiger partial charge in [-0.25, -0.2) is 4.79 Å². The molecule has 22 heavy (non-hydrogen) atoms. The summed E-state index contributed by atoms with van der Waals surface area (Å²) in [5.41, 5.74) is 5.93. The third-order valence-electron chi connectivity index (χ3n) is 4.13. The van der Waals surface area contributed by atoms with Gasteiger partial charge < -0.3 is 9.84 Å². The molecule has 112 valence electrons. The maximum Gasteiger partial charge on any atom is 0.335 e. The Morgan fingerprint density at radius 2 is 1.95 bits per heavy atom. The largest absolute Gasteiger partial charge is 0.497 e. The van der Waals surface area contributed by atoms with Gasteiger partial charge in [0.1, 0.15) is 5.75 Å². The lowest BCUT2D eigenvalue weighted by Crippen LogP contribution is -2.05. The summed E-state index contributed by atoms with van der Waals surface area (Å²) in [4.78, 5) is 11.2. The standard InChI is InChI=1S/C19H18O3/c1-12-10-15(22-2)8-9-16(12)17-5-3-4-13-6-7-14(19(20)21)11-18(13)17/h5-11H,3-4H2,1-2H3,(H,20,21). The molecule has 3 rings (SSSR count). The van der Waals surface area contributed by atoms with Crippen LogP contribution in [0.25, 0.3) is 5.57 Å². The van der Waals surface area contributed by atoms with Gasteiger partial charge in [0.15, 0.2) is 0 Å². The van der Waals surface area contributed by atoms with E-state index >= 15 is 0 Å². The van der Waals surface area contributed by atoms with E-state index in [4.69, 9.17) is 4.74 Å². The minimum atomic E-state index is -0.890. The fourth-order valence-electron chi connectivity index (χ4n) is 2.98. The van der Waals surface area contributed by atoms with Crippen molar-refractivity contribution in [1.82, 2.24) is 0 Å². The van der Waals surface area contributed by atoms with Crippen LogP contribution in [0, 0.1) is 6.92 Å². The molecule has 1 N–H and O–H groups in total. The molecule has 3 heteroatoms. The van der Waals surface area contributed by atoms with E-state index in [1.165, 1.54) is 5.56 Å². The third kappa shape index (κ3) is 2.50. The van der Waals surface area contributed by atoms with Gasteiger partial charge in [0.05, 0.1) is 12.7 Å². The molecule has 0 aliphatic heterocycles. The molecule has 0 bridgehead atoms. The van der Waals surface area contributed by atoms with Crippen LogP contribution in [0.2, 0.25) is 0 Å². The predicted molar refractivity (Wildman–Crippen MR) is 86.5 cm³/mol. The zero-order chi connectivity index (χ0) is 15.7. The van der Waals surface area contributed by atoms with Crippen molar-refractivity contribution in [2.75, 3.05) is 7.11 Å². The minimum absolute atomic E-state index is 0.331. The fourth-order valence-corrected chi connectivity index (χ4v) is 2.98. The number of fused-ring (bicyclic) bond motifs is 1. The molecule has 0 heterocycles. The van der Waals surface area contributed by atoms with Gasteiger partial charge in [-0.3, -0.25) is 0 Å². The second-order valence-electron chi connectivity index (χ2n) is 5.51. The highest BCUT2D eigenvalue weighted by molar-refractivity contribution is 5.91. The monoisotopic (exact) mass is 294 g/mol. The van der Waals surface area contributed by atoms with E-state index in [9.17, 15) is 9.90 Å². The summed E-state index contributed by atoms with van der Waals surface area (Å²) >= 11 is 0. The van der Waals surface area contributed by atoms with Crippen molar-refractivity contribution in [3.05, 3.63) is 70.3 Å². The molecule has 0 atom stereocenters. The van der Waals surface area contributed by atoms with Crippen molar-refractivity contribution in [3.63, 3.8) is 0 Å². The van der Waals surface area contributed by atoms with Crippen molar-refractivity contribution in [3.8, 4) is 5.75 Å². The Kier molecular flexibility index (Phi) is 3.72. The van der Waals surface area contributed by atoms with Gasteiger partial charge in [-0.05, 0) is 71.9 Å². The van der Waals surface area contributed by atoms with Crippen molar-refractivity contribution in [2.45, 2.75) is 19.8 Å². The number of rotatable bonds is 3. The van der Waals surface area contributed by atoms with E-state index in [0.29, 0.717) is 5.56 Å². The second-order valence-corrected chi connectivity index (χ2v) is 5.51. The molecule has 1 aliphatic carbocycles. The summed E-state index contributed by atoms with van der Waals surface area (Å²) in [6.07, 6.45) is 4.12. The lowest BCUT2D eigenvalue weighted by molar-refractivity contribution is 0.0697. The number of methoxy groups -OCH3 is 1. The lowest BCUT2D eigenvalue weighted by Gasteiger charge is -2.20. The number of carboxylic acid groups (broad SMARTS) is 1. The van der Waals surface area contributed by atoms with Crippen LogP contribution in [0.15, 0.2) is 42.5 Å². The van der Waals surface area contributed by atoms with Crippen molar-refractivity contribution < 1.29 is 14.6 Å². The summed E-state index contributed by atoms with van der Waals surface area (Å²) in [7, 11) is 1.66. The van der Waals surface area contributed by atoms with Gasteiger partial charge in [0.25, 0.3) is 0 Å². The van der Waals surface area contributed by atoms with Crippen LogP contribution in [-0.2, 0) is 6.42 Å². The molecule has 0 spiro atoms. The molecule has 0 unspecified atom stereocenters. The van der Waals surface area contributed by atoms with Gasteiger partial charge in [0.2, 0.25) is 0 Å². The summed E-state index contributed by atoms with van der Waals surface area (Å²) < 4.78 is 5.26. The number of aromatic carboxylic acids is 1. The summed E-state index contributed by atoms with van der Waals surface area (Å²) in [6, 6.07) is 11.4. The second kappa shape index (κ2) is 5.68. The Morgan fingerprint density at radius 3 is 2.64 bits per heavy atom. The highest BCUT2D eigenvalue weighted by atomic mass is 16.5. The minimum Gasteiger partial charge on any atom is -0.497 e. The maximum absolute atomic E-state index is 11.2. The quantitative estimate of drug-likeness (QED) is 0.927. The molecule has 0 fully saturated rings. The smallest absolute Gasteiger partial charge is 0.335 e. The number of hydrogen-bond acceptors (Lipinski definition) is 2. The summed E-state index contributed by atoms with van der Waals surface area (Å²) in [5.74, 6) is -0.0589. The first-order chi connectivity index (χ1) is 10.6. The van der Waals surface area contributed by atoms with Crippen LogP contribution in [0.5, 0.6) is 5.75 Å². The number of carbonyl (C=O) groups is 1. The molecule has 0 saturated heterocycles. The van der Waals surface area contributed by atoms with E-state index in [0.717, 1.165) is 40.9 Å². The predicted octanol–water partition coefficient (Wildman–Crippen LogP) is 4.08. The normalized spacial score (nSPS) is 13.3. The summed E-state index contributed by atoms with van der Waals surface area (Å²) in [5, 5.41) is 9.23. The molecule has 2 aromatic rings. The van der Waals surface area contributed by atoms with E-state index in [-0.39, 0.29) is 0 Å². The van der Waals surface area contributed by atoms with Gasteiger partial charge in [-0.15, -0.1) is 0 Å². The van der Waals surface area contributed by atoms with Gasteiger partial charge in [-0.2, -0.15) is 0 Å². The van der Waals surface area contributed by atoms with Crippen LogP contribution in [-0.4, -0.2) is 18.2 Å². The van der Waals surface area contributed by atoms with Crippen molar-refractivity contribution in [2.24, 2.45) is 0 Å². The number of benzene rings is 2. The zero-order valence-electron chi connectivity index (χ0n) is 12.7. The maximum atomic E-state index is 11.2. The molecule has 0 radical (unpaired) electrons. The lowest BCUT2D eigenvalue weighted by atomic mass is 9.84. The first kappa shape index (κ1) is 14.4. The van der Waals surface area contributed by atoms with Crippen LogP contribution in [0.4, 0.5) is 0 Å². The molecule has 0 aromatic heterocycles. The average molecular weight is 294 g/mol. The van der Waals surface area contributed by atoms with Crippen LogP contribution in [0.3, 0.4) is 0 Å². The third-order valence-corrected chi connectivity index (χ3v) is 4.13. The Hall–Kier alpha value is -2.55. The molecular formula is C19H18O3. The SMILES string of the molecule is COc1ccc(C2=CCCc3ccc(C(=O)O)cc32)c(C)c1. The van der Waals surface area contributed by atoms with Gasteiger partial charge in [0, 0.05) is 0 Å². The molecule has 0 saturated carbocycles. The Morgan fingerprint density at radius 1 is 1.14 bits per heavy atom. The summed E-state index contributed by atoms with van der Waals surface area (Å²) in [6.45, 7) is 2.05. The van der Waals surface area contributed by atoms with E-state index < -0.39 is 5.97 Å². The van der Waals surface area contributed by atoms with Crippen molar-refractivity contribution in [1.29, 1.82) is 0 Å². The average Bonchev–Trinajstić information content (AvgIpc) is 2.53. The zero-order valence-corrected chi connectivity index (χ0v) is 12.7. The highest BCUT2D eigenvalue weighted by Gasteiger charge is 2.18. The topological polar surface area (TPSA) is 46.5 Å². The molecule has 3 nitrogen and oxygen atoms in total. The Labute approximate surface area is 129 Å². The van der Waals surface area contributed by atoms with E-state index in [1.807, 2.05) is 31.2 Å². The first-order valence-electron chi connectivity index (χ1n) is 7.32. The van der Waals surface area contributed by atoms with Crippen LogP contribution < -0.4 is 4.74 Å². The number of hydrogen-bond donors (Lipinski definition) is 1. The van der Waals surface area contributed by atoms with Gasteiger partial charge >= 0.3 is 5.97 Å². The molecule has 1 aliphatic rings. The Balaban J connectivity index is 2.12. The molecular weight excluding hydrogens is 276 g/mol. The number of aryl methyl sites for hydroxylation is 2. The van der Waals surface area contributed by atoms with Crippen molar-refractivity contribution >= 4 is 11.5 Å². The fraction of sp³-hybridized carbons (Fsp3) is 0.211. The van der Waals surface area contributed by atoms with Crippen LogP contribution >= 0.6 is 0 Å². The highest BCUT2D eigenvalue weighted by Crippen LogP contribution is 2.35. The van der Waals surface area contributed by atoms with E-state index in [2.05, 4.69) is 6.08 Å². The van der Waals surface area contributed by atoms with E-state index in [1.54, 1.807) is 19.2 Å². The molecule has 0 amide bonds. The Bertz CT molecular complexity index is 772. The van der Waals surface area contributed by atoms with Gasteiger partial charge in [-0.1, -0.05) is 18.2 Å². The number of ether oxygens (including phenoxy) is 1. The van der Waals surface area contributed by atoms with Crippen LogP contribution in [0.1, 0.15) is 39.0 Å². The first-order valence-corrected chi connectivity index (χ1v) is 7.32. The number of allylic oxidation sites excluding steroid dienone is 1. The number of carboxylic acids is 1. The molecule has 2 aromatic carbocycles.